The number of rotatable bonds is 1. The molecule has 0 aliphatic rings. The van der Waals surface area contributed by atoms with E-state index in [1.54, 1.807) is 0 Å². The van der Waals surface area contributed by atoms with E-state index in [1.165, 1.54) is 6.29 Å². The summed E-state index contributed by atoms with van der Waals surface area (Å²) in [5, 5.41) is 7.45. The average molecular weight is 150 g/mol. The molecule has 0 aromatic heterocycles. The number of aliphatic hydroxyl groups excluding tert-OH is 1. The van der Waals surface area contributed by atoms with Gasteiger partial charge in [-0.25, -0.2) is 6.29 Å². The molecule has 0 saturated carbocycles. The Kier molecular flexibility index (Phi) is 16.0. The smallest absolute Gasteiger partial charge is 0 e. The van der Waals surface area contributed by atoms with Crippen LogP contribution in [0.3, 0.4) is 0 Å². The molecule has 5 heavy (non-hydrogen) atoms. The normalized spacial score (nSPS) is 5.00. The second-order valence-electron chi connectivity index (χ2n) is 0.302. The third kappa shape index (κ3) is 12.4. The van der Waals surface area contributed by atoms with Gasteiger partial charge in [-0.2, -0.15) is 0 Å². The second kappa shape index (κ2) is 8.82. The summed E-state index contributed by atoms with van der Waals surface area (Å²) in [5.74, 6) is 0. The molecule has 28 valence electrons. The van der Waals surface area contributed by atoms with Crippen molar-refractivity contribution in [1.82, 2.24) is 0 Å². The fraction of sp³-hybridized carbons (Fsp3) is 0.500. The van der Waals surface area contributed by atoms with Crippen LogP contribution in [0.2, 0.25) is 0 Å². The maximum absolute atomic E-state index is 8.80. The van der Waals surface area contributed by atoms with Gasteiger partial charge in [0.2, 0.25) is 0 Å². The molecule has 1 N–H and O–H groups in total. The zero-order valence-corrected chi connectivity index (χ0v) is 5.02. The van der Waals surface area contributed by atoms with E-state index in [0.29, 0.717) is 0 Å². The van der Waals surface area contributed by atoms with Gasteiger partial charge in [0.1, 0.15) is 0 Å². The quantitative estimate of drug-likeness (QED) is 0.491. The van der Waals surface area contributed by atoms with Crippen LogP contribution in [0.25, 0.3) is 0 Å². The van der Waals surface area contributed by atoms with Crippen LogP contribution in [-0.4, -0.2) is 18.0 Å². The first-order chi connectivity index (χ1) is 1.91. The van der Waals surface area contributed by atoms with E-state index in [-0.39, 0.29) is 26.2 Å². The molecule has 0 aromatic rings. The minimum absolute atomic E-state index is 0. The molecule has 0 fully saturated rings. The molecule has 3 heteroatoms. The van der Waals surface area contributed by atoms with Gasteiger partial charge in [-0.15, -0.1) is 0 Å². The molecule has 0 rings (SSSR count). The number of hydrogen-bond donors (Lipinski definition) is 1. The van der Waals surface area contributed by atoms with Gasteiger partial charge in [-0.1, -0.05) is 6.61 Å². The van der Waals surface area contributed by atoms with Crippen LogP contribution in [-0.2, 0) is 31.0 Å². The van der Waals surface area contributed by atoms with Crippen LogP contribution in [0.1, 0.15) is 0 Å². The Labute approximate surface area is 49.3 Å². The van der Waals surface area contributed by atoms with Crippen molar-refractivity contribution in [1.29, 1.82) is 0 Å². The summed E-state index contributed by atoms with van der Waals surface area (Å²) in [6.07, 6.45) is 1.24. The molecule has 0 saturated heterocycles. The van der Waals surface area contributed by atoms with E-state index in [4.69, 9.17) is 9.90 Å². The Bertz CT molecular complexity index is 21.6. The van der Waals surface area contributed by atoms with Gasteiger partial charge < -0.3 is 9.90 Å². The molecule has 0 aliphatic heterocycles. The van der Waals surface area contributed by atoms with E-state index < -0.39 is 6.61 Å². The number of hydrogen-bond acceptors (Lipinski definition) is 2. The van der Waals surface area contributed by atoms with Crippen LogP contribution in [0.5, 0.6) is 0 Å². The summed E-state index contributed by atoms with van der Waals surface area (Å²) in [6.45, 7) is -0.486. The van der Waals surface area contributed by atoms with Crippen LogP contribution in [0.15, 0.2) is 0 Å². The number of aliphatic hydroxyl groups is 1. The Morgan fingerprint density at radius 3 is 2.00 bits per heavy atom. The SMILES string of the molecule is O=[C-]CO.[Zr]. The molecule has 0 atom stereocenters. The summed E-state index contributed by atoms with van der Waals surface area (Å²) < 4.78 is 0. The van der Waals surface area contributed by atoms with Gasteiger partial charge in [0.15, 0.2) is 0 Å². The van der Waals surface area contributed by atoms with Crippen molar-refractivity contribution in [3.63, 3.8) is 0 Å². The summed E-state index contributed by atoms with van der Waals surface area (Å²) in [6, 6.07) is 0. The van der Waals surface area contributed by atoms with Gasteiger partial charge >= 0.3 is 0 Å². The molecule has 0 aromatic carbocycles. The van der Waals surface area contributed by atoms with Gasteiger partial charge in [0.05, 0.1) is 0 Å². The van der Waals surface area contributed by atoms with Gasteiger partial charge in [0, 0.05) is 26.2 Å². The monoisotopic (exact) mass is 149 g/mol. The first-order valence-electron chi connectivity index (χ1n) is 0.874. The molecule has 0 bridgehead atoms. The summed E-state index contributed by atoms with van der Waals surface area (Å²) in [4.78, 5) is 8.80. The van der Waals surface area contributed by atoms with Crippen molar-refractivity contribution < 1.29 is 36.1 Å². The molecule has 0 unspecified atom stereocenters. The fourth-order valence-corrected chi connectivity index (χ4v) is 0. The van der Waals surface area contributed by atoms with E-state index in [0.717, 1.165) is 0 Å². The average Bonchev–Trinajstić information content (AvgIpc) is 1.37. The molecular weight excluding hydrogens is 147 g/mol. The zero-order valence-electron chi connectivity index (χ0n) is 2.56. The first kappa shape index (κ1) is 9.10. The van der Waals surface area contributed by atoms with Crippen LogP contribution in [0, 0.1) is 0 Å². The van der Waals surface area contributed by atoms with E-state index in [9.17, 15) is 0 Å². The summed E-state index contributed by atoms with van der Waals surface area (Å²) in [5.41, 5.74) is 0. The molecule has 0 heterocycles. The summed E-state index contributed by atoms with van der Waals surface area (Å²) >= 11 is 0. The molecular formula is C2H3O2Zr-. The minimum atomic E-state index is -0.486. The Hall–Kier alpha value is 0.513. The predicted octanol–water partition coefficient (Wildman–Crippen LogP) is -0.914. The van der Waals surface area contributed by atoms with Crippen molar-refractivity contribution in [2.45, 2.75) is 0 Å². The van der Waals surface area contributed by atoms with Crippen molar-refractivity contribution in [2.75, 3.05) is 6.61 Å². The Balaban J connectivity index is 0. The first-order valence-corrected chi connectivity index (χ1v) is 0.874. The Morgan fingerprint density at radius 2 is 2.00 bits per heavy atom. The van der Waals surface area contributed by atoms with Gasteiger partial charge in [-0.3, -0.25) is 0 Å². The van der Waals surface area contributed by atoms with Crippen molar-refractivity contribution in [3.8, 4) is 0 Å². The summed E-state index contributed by atoms with van der Waals surface area (Å²) in [7, 11) is 0. The van der Waals surface area contributed by atoms with Crippen LogP contribution >= 0.6 is 0 Å². The van der Waals surface area contributed by atoms with Crippen LogP contribution in [0.4, 0.5) is 0 Å². The number of carbonyl (C=O) groups excluding carboxylic acids is 1. The molecule has 0 radical (unpaired) electrons. The standard InChI is InChI=1S/C2H3O2.Zr/c3-1-2-4;/h3H,1H2;/q-1;. The van der Waals surface area contributed by atoms with E-state index in [1.807, 2.05) is 0 Å². The van der Waals surface area contributed by atoms with Gasteiger partial charge in [-0.05, 0) is 0 Å². The fourth-order valence-electron chi connectivity index (χ4n) is 0. The predicted molar refractivity (Wildman–Crippen MR) is 12.8 cm³/mol. The molecule has 0 amide bonds. The van der Waals surface area contributed by atoms with Crippen molar-refractivity contribution in [2.24, 2.45) is 0 Å². The van der Waals surface area contributed by atoms with Crippen LogP contribution < -0.4 is 0 Å². The minimum Gasteiger partial charge on any atom is -0.540 e. The topological polar surface area (TPSA) is 37.3 Å². The second-order valence-corrected chi connectivity index (χ2v) is 0.302. The third-order valence-electron chi connectivity index (χ3n) is 0.0645. The molecule has 0 aliphatic carbocycles. The van der Waals surface area contributed by atoms with E-state index >= 15 is 0 Å². The van der Waals surface area contributed by atoms with Gasteiger partial charge in [0.25, 0.3) is 0 Å². The van der Waals surface area contributed by atoms with Crippen molar-refractivity contribution >= 4 is 6.29 Å². The third-order valence-corrected chi connectivity index (χ3v) is 0.0645. The maximum atomic E-state index is 8.80. The van der Waals surface area contributed by atoms with Crippen molar-refractivity contribution in [3.05, 3.63) is 0 Å². The maximum Gasteiger partial charge on any atom is 0 e. The molecule has 0 spiro atoms. The molecule has 2 nitrogen and oxygen atoms in total. The Morgan fingerprint density at radius 1 is 1.80 bits per heavy atom. The zero-order chi connectivity index (χ0) is 3.41. The largest absolute Gasteiger partial charge is 0.540 e. The van der Waals surface area contributed by atoms with E-state index in [2.05, 4.69) is 0 Å².